The van der Waals surface area contributed by atoms with E-state index in [1.807, 2.05) is 19.3 Å². The van der Waals surface area contributed by atoms with Gasteiger partial charge in [-0.05, 0) is 50.3 Å². The number of hydrogen-bond donors (Lipinski definition) is 2. The van der Waals surface area contributed by atoms with E-state index < -0.39 is 0 Å². The first-order chi connectivity index (χ1) is 14.6. The minimum atomic E-state index is 0. The highest BCUT2D eigenvalue weighted by Gasteiger charge is 2.06. The molecule has 3 aromatic rings. The zero-order valence-corrected chi connectivity index (χ0v) is 21.0. The summed E-state index contributed by atoms with van der Waals surface area (Å²) in [7, 11) is 0. The average molecular weight is 531 g/mol. The first-order valence-corrected chi connectivity index (χ1v) is 10.8. The molecule has 0 aliphatic carbocycles. The zero-order valence-electron chi connectivity index (χ0n) is 18.7. The van der Waals surface area contributed by atoms with Crippen LogP contribution in [0.4, 0.5) is 0 Å². The quantitative estimate of drug-likeness (QED) is 0.234. The van der Waals surface area contributed by atoms with Gasteiger partial charge in [-0.15, -0.1) is 24.0 Å². The Balaban J connectivity index is 0.00000341. The van der Waals surface area contributed by atoms with E-state index in [0.717, 1.165) is 37.7 Å². The fraction of sp³-hybridized carbons (Fsp3) is 0.360. The first-order valence-electron chi connectivity index (χ1n) is 10.8. The summed E-state index contributed by atoms with van der Waals surface area (Å²) in [6.07, 6.45) is 5.99. The molecule has 0 radical (unpaired) electrons. The van der Waals surface area contributed by atoms with Crippen molar-refractivity contribution >= 4 is 29.9 Å². The zero-order chi connectivity index (χ0) is 21.2. The molecule has 0 aliphatic rings. The number of nitrogens with zero attached hydrogens (tertiary/aromatic N) is 3. The van der Waals surface area contributed by atoms with E-state index in [4.69, 9.17) is 4.99 Å². The van der Waals surface area contributed by atoms with E-state index in [0.29, 0.717) is 12.6 Å². The molecule has 1 unspecified atom stereocenters. The van der Waals surface area contributed by atoms with Gasteiger partial charge in [-0.1, -0.05) is 54.6 Å². The van der Waals surface area contributed by atoms with Gasteiger partial charge in [0.2, 0.25) is 0 Å². The van der Waals surface area contributed by atoms with Gasteiger partial charge >= 0.3 is 0 Å². The van der Waals surface area contributed by atoms with Crippen LogP contribution >= 0.6 is 24.0 Å². The molecule has 0 saturated heterocycles. The predicted octanol–water partition coefficient (Wildman–Crippen LogP) is 4.93. The van der Waals surface area contributed by atoms with Gasteiger partial charge in [0.15, 0.2) is 5.96 Å². The molecule has 1 aromatic heterocycles. The Bertz CT molecular complexity index is 936. The van der Waals surface area contributed by atoms with Crippen LogP contribution in [0.25, 0.3) is 0 Å². The minimum Gasteiger partial charge on any atom is -0.357 e. The van der Waals surface area contributed by atoms with Gasteiger partial charge in [0, 0.05) is 31.5 Å². The molecule has 0 bridgehead atoms. The van der Waals surface area contributed by atoms with Crippen LogP contribution in [0.5, 0.6) is 0 Å². The van der Waals surface area contributed by atoms with E-state index in [-0.39, 0.29) is 24.0 Å². The van der Waals surface area contributed by atoms with Gasteiger partial charge in [-0.2, -0.15) is 0 Å². The monoisotopic (exact) mass is 531 g/mol. The summed E-state index contributed by atoms with van der Waals surface area (Å²) < 4.78 is 2.16. The molecule has 0 amide bonds. The van der Waals surface area contributed by atoms with Crippen LogP contribution in [0, 0.1) is 6.92 Å². The van der Waals surface area contributed by atoms with Gasteiger partial charge in [0.25, 0.3) is 0 Å². The first kappa shape index (κ1) is 24.9. The van der Waals surface area contributed by atoms with Gasteiger partial charge < -0.3 is 15.2 Å². The Labute approximate surface area is 203 Å². The van der Waals surface area contributed by atoms with Gasteiger partial charge in [0.05, 0.1) is 6.54 Å². The molecule has 5 nitrogen and oxygen atoms in total. The number of aliphatic imine (C=N–C) groups is 1. The maximum atomic E-state index is 4.81. The SMILES string of the molecule is CCNC(=NCc1cccc(Cn2ccnc2C)c1)NC(C)CCc1ccccc1.I. The summed E-state index contributed by atoms with van der Waals surface area (Å²) in [4.78, 5) is 9.11. The molecular weight excluding hydrogens is 497 g/mol. The summed E-state index contributed by atoms with van der Waals surface area (Å²) in [5.74, 6) is 1.90. The second-order valence-electron chi connectivity index (χ2n) is 7.69. The highest BCUT2D eigenvalue weighted by Crippen LogP contribution is 2.10. The standard InChI is InChI=1S/C25H33N5.HI/c1-4-26-25(29-20(2)13-14-22-9-6-5-7-10-22)28-18-23-11-8-12-24(17-23)19-30-16-15-27-21(30)3;/h5-12,15-17,20H,4,13-14,18-19H2,1-3H3,(H2,26,28,29);1H. The topological polar surface area (TPSA) is 54.2 Å². The van der Waals surface area contributed by atoms with Crippen molar-refractivity contribution < 1.29 is 0 Å². The van der Waals surface area contributed by atoms with Crippen LogP contribution in [0.1, 0.15) is 42.8 Å². The van der Waals surface area contributed by atoms with Crippen LogP contribution in [0.3, 0.4) is 0 Å². The van der Waals surface area contributed by atoms with Gasteiger partial charge in [0.1, 0.15) is 5.82 Å². The summed E-state index contributed by atoms with van der Waals surface area (Å²) in [6.45, 7) is 8.66. The van der Waals surface area contributed by atoms with Crippen molar-refractivity contribution in [3.8, 4) is 0 Å². The molecule has 166 valence electrons. The number of halogens is 1. The van der Waals surface area contributed by atoms with E-state index in [2.05, 4.69) is 88.6 Å². The van der Waals surface area contributed by atoms with Crippen molar-refractivity contribution in [1.29, 1.82) is 0 Å². The Morgan fingerprint density at radius 3 is 2.52 bits per heavy atom. The van der Waals surface area contributed by atoms with Crippen LogP contribution in [-0.2, 0) is 19.5 Å². The van der Waals surface area contributed by atoms with E-state index >= 15 is 0 Å². The van der Waals surface area contributed by atoms with Crippen molar-refractivity contribution in [3.05, 3.63) is 89.5 Å². The number of hydrogen-bond acceptors (Lipinski definition) is 2. The smallest absolute Gasteiger partial charge is 0.191 e. The Hall–Kier alpha value is -2.35. The van der Waals surface area contributed by atoms with Crippen molar-refractivity contribution in [1.82, 2.24) is 20.2 Å². The van der Waals surface area contributed by atoms with E-state index in [1.165, 1.54) is 16.7 Å². The van der Waals surface area contributed by atoms with E-state index in [1.54, 1.807) is 0 Å². The summed E-state index contributed by atoms with van der Waals surface area (Å²) in [5.41, 5.74) is 3.84. The lowest BCUT2D eigenvalue weighted by Gasteiger charge is -2.18. The lowest BCUT2D eigenvalue weighted by Crippen LogP contribution is -2.42. The summed E-state index contributed by atoms with van der Waals surface area (Å²) in [5, 5.41) is 6.91. The van der Waals surface area contributed by atoms with Crippen LogP contribution in [-0.4, -0.2) is 28.1 Å². The number of benzene rings is 2. The highest BCUT2D eigenvalue weighted by molar-refractivity contribution is 14.0. The Morgan fingerprint density at radius 2 is 1.81 bits per heavy atom. The van der Waals surface area contributed by atoms with Gasteiger partial charge in [-0.25, -0.2) is 9.98 Å². The third-order valence-corrected chi connectivity index (χ3v) is 5.12. The molecule has 2 aromatic carbocycles. The molecular formula is C25H34IN5. The lowest BCUT2D eigenvalue weighted by atomic mass is 10.1. The molecule has 0 saturated carbocycles. The van der Waals surface area contributed by atoms with Crippen molar-refractivity contribution in [3.63, 3.8) is 0 Å². The lowest BCUT2D eigenvalue weighted by molar-refractivity contribution is 0.593. The second kappa shape index (κ2) is 13.1. The highest BCUT2D eigenvalue weighted by atomic mass is 127. The van der Waals surface area contributed by atoms with Crippen LogP contribution < -0.4 is 10.6 Å². The fourth-order valence-corrected chi connectivity index (χ4v) is 3.42. The number of rotatable bonds is 9. The Kier molecular flexibility index (Phi) is 10.6. The number of guanidine groups is 1. The summed E-state index contributed by atoms with van der Waals surface area (Å²) in [6, 6.07) is 19.6. The summed E-state index contributed by atoms with van der Waals surface area (Å²) >= 11 is 0. The van der Waals surface area contributed by atoms with Crippen LogP contribution in [0.2, 0.25) is 0 Å². The molecule has 0 spiro atoms. The maximum absolute atomic E-state index is 4.81. The number of imidazole rings is 1. The molecule has 6 heteroatoms. The average Bonchev–Trinajstić information content (AvgIpc) is 3.16. The number of aromatic nitrogens is 2. The van der Waals surface area contributed by atoms with Crippen LogP contribution in [0.15, 0.2) is 72.0 Å². The van der Waals surface area contributed by atoms with Gasteiger partial charge in [-0.3, -0.25) is 0 Å². The largest absolute Gasteiger partial charge is 0.357 e. The normalized spacial score (nSPS) is 12.2. The third-order valence-electron chi connectivity index (χ3n) is 5.12. The van der Waals surface area contributed by atoms with Crippen molar-refractivity contribution in [2.24, 2.45) is 4.99 Å². The second-order valence-corrected chi connectivity index (χ2v) is 7.69. The predicted molar refractivity (Wildman–Crippen MR) is 140 cm³/mol. The molecule has 1 heterocycles. The third kappa shape index (κ3) is 8.36. The Morgan fingerprint density at radius 1 is 1.06 bits per heavy atom. The number of aryl methyl sites for hydroxylation is 2. The molecule has 2 N–H and O–H groups in total. The van der Waals surface area contributed by atoms with E-state index in [9.17, 15) is 0 Å². The molecule has 0 fully saturated rings. The molecule has 3 rings (SSSR count). The van der Waals surface area contributed by atoms with Crippen molar-refractivity contribution in [2.45, 2.75) is 52.7 Å². The van der Waals surface area contributed by atoms with Crippen molar-refractivity contribution in [2.75, 3.05) is 6.54 Å². The number of nitrogens with one attached hydrogen (secondary N) is 2. The molecule has 1 atom stereocenters. The maximum Gasteiger partial charge on any atom is 0.191 e. The molecule has 0 aliphatic heterocycles. The minimum absolute atomic E-state index is 0. The fourth-order valence-electron chi connectivity index (χ4n) is 3.42. The molecule has 31 heavy (non-hydrogen) atoms.